The second-order valence-corrected chi connectivity index (χ2v) is 14.8. The van der Waals surface area contributed by atoms with Gasteiger partial charge in [-0.15, -0.1) is 0 Å². The van der Waals surface area contributed by atoms with Crippen LogP contribution in [0, 0.1) is 11.2 Å². The lowest BCUT2D eigenvalue weighted by molar-refractivity contribution is -0.140. The number of carbonyl (C=O) groups is 2. The van der Waals surface area contributed by atoms with Gasteiger partial charge in [0.2, 0.25) is 0 Å². The summed E-state index contributed by atoms with van der Waals surface area (Å²) in [6.45, 7) is -0.863. The number of nitrogens with one attached hydrogen (secondary N) is 2. The Balaban J connectivity index is 1.27. The predicted octanol–water partition coefficient (Wildman–Crippen LogP) is 6.36. The third kappa shape index (κ3) is 7.72. The van der Waals surface area contributed by atoms with E-state index in [-0.39, 0.29) is 34.9 Å². The highest BCUT2D eigenvalue weighted by Gasteiger charge is 2.51. The Kier molecular flexibility index (Phi) is 9.55. The number of carbonyl (C=O) groups excluding carboxylic acids is 2. The van der Waals surface area contributed by atoms with Gasteiger partial charge in [-0.1, -0.05) is 30.3 Å². The summed E-state index contributed by atoms with van der Waals surface area (Å²) in [4.78, 5) is 38.4. The van der Waals surface area contributed by atoms with E-state index in [1.54, 1.807) is 6.07 Å². The van der Waals surface area contributed by atoms with Crippen LogP contribution in [0.5, 0.6) is 0 Å². The van der Waals surface area contributed by atoms with Crippen molar-refractivity contribution in [2.24, 2.45) is 0 Å². The molecule has 1 atom stereocenters. The highest BCUT2D eigenvalue weighted by atomic mass is 32.2. The lowest BCUT2D eigenvalue weighted by Gasteiger charge is -2.28. The molecule has 0 spiro atoms. The van der Waals surface area contributed by atoms with Crippen LogP contribution in [0.1, 0.15) is 57.6 Å². The number of guanidine groups is 1. The Hall–Kier alpha value is -5.39. The van der Waals surface area contributed by atoms with Gasteiger partial charge in [0, 0.05) is 36.5 Å². The van der Waals surface area contributed by atoms with Crippen molar-refractivity contribution in [3.8, 4) is 11.4 Å². The Morgan fingerprint density at radius 3 is 2.38 bits per heavy atom. The van der Waals surface area contributed by atoms with Crippen molar-refractivity contribution < 1.29 is 48.7 Å². The van der Waals surface area contributed by atoms with Crippen molar-refractivity contribution in [2.45, 2.75) is 61.7 Å². The van der Waals surface area contributed by atoms with E-state index in [9.17, 15) is 48.7 Å². The summed E-state index contributed by atoms with van der Waals surface area (Å²) in [7, 11) is -3.55. The normalized spacial score (nSPS) is 17.7. The maximum Gasteiger partial charge on any atom is 0.417 e. The van der Waals surface area contributed by atoms with E-state index in [1.165, 1.54) is 36.5 Å². The van der Waals surface area contributed by atoms with Crippen LogP contribution in [0.4, 0.5) is 30.7 Å². The van der Waals surface area contributed by atoms with E-state index < -0.39 is 88.3 Å². The molecule has 0 radical (unpaired) electrons. The van der Waals surface area contributed by atoms with E-state index in [4.69, 9.17) is 5.41 Å². The van der Waals surface area contributed by atoms with Crippen LogP contribution in [0.2, 0.25) is 0 Å². The highest BCUT2D eigenvalue weighted by Crippen LogP contribution is 2.38. The predicted molar refractivity (Wildman–Crippen MR) is 175 cm³/mol. The minimum atomic E-state index is -4.97. The summed E-state index contributed by atoms with van der Waals surface area (Å²) < 4.78 is 120. The quantitative estimate of drug-likeness (QED) is 0.190. The zero-order chi connectivity index (χ0) is 38.5. The van der Waals surface area contributed by atoms with Crippen LogP contribution >= 0.6 is 0 Å². The third-order valence-electron chi connectivity index (χ3n) is 8.99. The van der Waals surface area contributed by atoms with Crippen molar-refractivity contribution in [3.05, 3.63) is 112 Å². The van der Waals surface area contributed by atoms with E-state index >= 15 is 0 Å². The topological polar surface area (TPSA) is 136 Å². The molecule has 4 aromatic rings. The SMILES string of the molecule is CS(=O)(=O)c1cccc(-c2ncc3c(n2)CN(C(=O)c2cc(CN4C(=N)N[C@](CCCC(F)(F)F)(c5ccc(F)cc5)C4=O)ccc2C(F)(F)F)C3)c1. The van der Waals surface area contributed by atoms with Crippen molar-refractivity contribution in [1.82, 2.24) is 25.1 Å². The average Bonchev–Trinajstić information content (AvgIpc) is 3.61. The Morgan fingerprint density at radius 1 is 1.00 bits per heavy atom. The molecule has 0 bridgehead atoms. The van der Waals surface area contributed by atoms with Crippen LogP contribution in [0.15, 0.2) is 77.8 Å². The molecule has 53 heavy (non-hydrogen) atoms. The molecule has 0 saturated carbocycles. The van der Waals surface area contributed by atoms with Crippen LogP contribution in [0.25, 0.3) is 11.4 Å². The van der Waals surface area contributed by atoms with Gasteiger partial charge in [-0.05, 0) is 60.4 Å². The number of rotatable bonds is 9. The smallest absolute Gasteiger partial charge is 0.338 e. The van der Waals surface area contributed by atoms with Gasteiger partial charge >= 0.3 is 12.4 Å². The molecular formula is C35H29F7N6O4S. The number of benzene rings is 3. The molecule has 2 amide bonds. The minimum Gasteiger partial charge on any atom is -0.338 e. The molecule has 10 nitrogen and oxygen atoms in total. The number of halogens is 7. The molecular weight excluding hydrogens is 733 g/mol. The average molecular weight is 763 g/mol. The molecule has 1 aromatic heterocycles. The van der Waals surface area contributed by atoms with Crippen molar-refractivity contribution in [1.29, 1.82) is 5.41 Å². The van der Waals surface area contributed by atoms with Gasteiger partial charge in [-0.3, -0.25) is 19.9 Å². The highest BCUT2D eigenvalue weighted by molar-refractivity contribution is 7.90. The van der Waals surface area contributed by atoms with Crippen LogP contribution in [0.3, 0.4) is 0 Å². The maximum absolute atomic E-state index is 14.2. The van der Waals surface area contributed by atoms with Gasteiger partial charge in [-0.2, -0.15) is 26.3 Å². The first-order valence-corrected chi connectivity index (χ1v) is 17.8. The number of nitrogens with zero attached hydrogens (tertiary/aromatic N) is 4. The molecule has 0 unspecified atom stereocenters. The Bertz CT molecular complexity index is 2230. The molecule has 278 valence electrons. The molecule has 6 rings (SSSR count). The fourth-order valence-corrected chi connectivity index (χ4v) is 7.04. The van der Waals surface area contributed by atoms with E-state index in [0.29, 0.717) is 22.9 Å². The summed E-state index contributed by atoms with van der Waals surface area (Å²) in [6, 6.07) is 12.9. The molecule has 18 heteroatoms. The zero-order valence-corrected chi connectivity index (χ0v) is 28.5. The van der Waals surface area contributed by atoms with Gasteiger partial charge in [0.1, 0.15) is 11.4 Å². The fraction of sp³-hybridized carbons (Fsp3) is 0.286. The number of hydrogen-bond donors (Lipinski definition) is 2. The number of fused-ring (bicyclic) bond motifs is 1. The van der Waals surface area contributed by atoms with Crippen LogP contribution < -0.4 is 5.32 Å². The minimum absolute atomic E-state index is 0.0102. The molecule has 1 saturated heterocycles. The third-order valence-corrected chi connectivity index (χ3v) is 10.1. The Morgan fingerprint density at radius 2 is 1.72 bits per heavy atom. The number of hydrogen-bond acceptors (Lipinski definition) is 7. The van der Waals surface area contributed by atoms with Crippen LogP contribution in [-0.2, 0) is 46.0 Å². The monoisotopic (exact) mass is 762 g/mol. The molecule has 1 fully saturated rings. The van der Waals surface area contributed by atoms with E-state index in [1.807, 2.05) is 0 Å². The summed E-state index contributed by atoms with van der Waals surface area (Å²) >= 11 is 0. The lowest BCUT2D eigenvalue weighted by atomic mass is 9.84. The van der Waals surface area contributed by atoms with Crippen molar-refractivity contribution in [2.75, 3.05) is 6.26 Å². The molecule has 3 aromatic carbocycles. The van der Waals surface area contributed by atoms with Crippen LogP contribution in [-0.4, -0.2) is 58.4 Å². The maximum atomic E-state index is 14.2. The van der Waals surface area contributed by atoms with Gasteiger partial charge in [0.05, 0.1) is 34.8 Å². The molecule has 0 aliphatic carbocycles. The summed E-state index contributed by atoms with van der Waals surface area (Å²) in [5, 5.41) is 11.1. The Labute approximate surface area is 298 Å². The molecule has 2 aliphatic heterocycles. The molecule has 3 heterocycles. The van der Waals surface area contributed by atoms with Gasteiger partial charge in [-0.25, -0.2) is 22.8 Å². The second-order valence-electron chi connectivity index (χ2n) is 12.8. The standard InChI is InChI=1S/C35H29F7N6O4S/c1-53(51,52)25-5-2-4-21(15-25)29-44-16-22-18-47(19-28(22)45-29)30(49)26-14-20(6-11-27(26)35(40,41)42)17-48-31(50)33(46-32(48)43,12-3-13-34(37,38)39)23-7-9-24(36)10-8-23/h2,4-11,14-16H,3,12-13,17-19H2,1H3,(H2,43,46)/t33-/m1/s1. The lowest BCUT2D eigenvalue weighted by Crippen LogP contribution is -2.44. The van der Waals surface area contributed by atoms with E-state index in [0.717, 1.165) is 40.3 Å². The number of amides is 2. The number of sulfone groups is 1. The van der Waals surface area contributed by atoms with Gasteiger partial charge in [0.25, 0.3) is 11.8 Å². The van der Waals surface area contributed by atoms with Crippen molar-refractivity contribution in [3.63, 3.8) is 0 Å². The largest absolute Gasteiger partial charge is 0.417 e. The number of alkyl halides is 6. The second kappa shape index (κ2) is 13.5. The summed E-state index contributed by atoms with van der Waals surface area (Å²) in [5.41, 5.74) is -2.65. The summed E-state index contributed by atoms with van der Waals surface area (Å²) in [6.07, 6.45) is -9.28. The first-order valence-electron chi connectivity index (χ1n) is 15.9. The first kappa shape index (κ1) is 37.4. The zero-order valence-electron chi connectivity index (χ0n) is 27.6. The molecule has 2 aliphatic rings. The van der Waals surface area contributed by atoms with Gasteiger partial charge in [0.15, 0.2) is 21.6 Å². The fourth-order valence-electron chi connectivity index (χ4n) is 6.37. The van der Waals surface area contributed by atoms with E-state index in [2.05, 4.69) is 15.3 Å². The number of aromatic nitrogens is 2. The van der Waals surface area contributed by atoms with Gasteiger partial charge < -0.3 is 10.2 Å². The summed E-state index contributed by atoms with van der Waals surface area (Å²) in [5.74, 6) is -2.98. The molecule has 2 N–H and O–H groups in total. The van der Waals surface area contributed by atoms with Crippen molar-refractivity contribution >= 4 is 27.6 Å². The first-order chi connectivity index (χ1) is 24.7.